The van der Waals surface area contributed by atoms with Crippen molar-refractivity contribution in [3.63, 3.8) is 0 Å². The maximum absolute atomic E-state index is 13.7. The molecule has 0 bridgehead atoms. The lowest BCUT2D eigenvalue weighted by Crippen LogP contribution is -2.52. The van der Waals surface area contributed by atoms with Gasteiger partial charge in [0.2, 0.25) is 15.9 Å². The third-order valence-corrected chi connectivity index (χ3v) is 7.67. The summed E-state index contributed by atoms with van der Waals surface area (Å²) in [5.74, 6) is 1.05. The van der Waals surface area contributed by atoms with Crippen molar-refractivity contribution in [3.05, 3.63) is 88.4 Å². The Labute approximate surface area is 182 Å². The number of carbonyl (C=O) groups is 1. The molecule has 1 aliphatic heterocycles. The van der Waals surface area contributed by atoms with E-state index >= 15 is 0 Å². The number of hydrogen-bond acceptors (Lipinski definition) is 4. The molecule has 7 heteroatoms. The second-order valence-corrected chi connectivity index (χ2v) is 9.90. The summed E-state index contributed by atoms with van der Waals surface area (Å²) < 4.78 is 34.2. The second-order valence-electron chi connectivity index (χ2n) is 8.04. The van der Waals surface area contributed by atoms with Gasteiger partial charge in [-0.3, -0.25) is 4.79 Å². The van der Waals surface area contributed by atoms with Gasteiger partial charge in [-0.15, -0.1) is 0 Å². The molecule has 0 spiro atoms. The average Bonchev–Trinajstić information content (AvgIpc) is 3.17. The van der Waals surface area contributed by atoms with Crippen molar-refractivity contribution in [2.75, 3.05) is 0 Å². The summed E-state index contributed by atoms with van der Waals surface area (Å²) in [4.78, 5) is 13.4. The predicted molar refractivity (Wildman–Crippen MR) is 118 cm³/mol. The van der Waals surface area contributed by atoms with E-state index in [4.69, 9.17) is 4.42 Å². The SMILES string of the molecule is Cc1ccc(C)c(S(=O)(=O)N2Cc3ccccc3CC2C(=O)NCc2ccc(C)o2)c1. The van der Waals surface area contributed by atoms with Gasteiger partial charge in [0.1, 0.15) is 17.6 Å². The Morgan fingerprint density at radius 2 is 1.81 bits per heavy atom. The first kappa shape index (κ1) is 21.3. The zero-order chi connectivity index (χ0) is 22.2. The third-order valence-electron chi connectivity index (χ3n) is 5.67. The Kier molecular flexibility index (Phi) is 5.73. The molecule has 1 N–H and O–H groups in total. The molecule has 1 amide bonds. The van der Waals surface area contributed by atoms with Crippen LogP contribution >= 0.6 is 0 Å². The molecule has 2 aromatic carbocycles. The fourth-order valence-electron chi connectivity index (χ4n) is 3.96. The quantitative estimate of drug-likeness (QED) is 0.660. The monoisotopic (exact) mass is 438 g/mol. The molecule has 0 aliphatic carbocycles. The number of benzene rings is 2. The fraction of sp³-hybridized carbons (Fsp3) is 0.292. The number of amides is 1. The van der Waals surface area contributed by atoms with Crippen LogP contribution in [-0.2, 0) is 34.3 Å². The molecule has 1 atom stereocenters. The number of aryl methyl sites for hydroxylation is 3. The Morgan fingerprint density at radius 1 is 1.06 bits per heavy atom. The number of fused-ring (bicyclic) bond motifs is 1. The third kappa shape index (κ3) is 4.29. The topological polar surface area (TPSA) is 79.6 Å². The average molecular weight is 439 g/mol. The molecule has 0 saturated carbocycles. The van der Waals surface area contributed by atoms with Gasteiger partial charge in [0.25, 0.3) is 0 Å². The van der Waals surface area contributed by atoms with Gasteiger partial charge in [-0.25, -0.2) is 8.42 Å². The summed E-state index contributed by atoms with van der Waals surface area (Å²) in [6, 6.07) is 15.8. The van der Waals surface area contributed by atoms with Gasteiger partial charge >= 0.3 is 0 Å². The predicted octanol–water partition coefficient (Wildman–Crippen LogP) is 3.64. The first-order valence-electron chi connectivity index (χ1n) is 10.2. The van der Waals surface area contributed by atoms with E-state index < -0.39 is 16.1 Å². The molecular formula is C24H26N2O4S. The van der Waals surface area contributed by atoms with E-state index in [2.05, 4.69) is 5.32 Å². The van der Waals surface area contributed by atoms with Crippen LogP contribution in [0.4, 0.5) is 0 Å². The number of carbonyl (C=O) groups excluding carboxylic acids is 1. The van der Waals surface area contributed by atoms with Gasteiger partial charge in [0.05, 0.1) is 11.4 Å². The number of hydrogen-bond donors (Lipinski definition) is 1. The lowest BCUT2D eigenvalue weighted by atomic mass is 9.95. The molecule has 1 aliphatic rings. The lowest BCUT2D eigenvalue weighted by molar-refractivity contribution is -0.125. The highest BCUT2D eigenvalue weighted by molar-refractivity contribution is 7.89. The van der Waals surface area contributed by atoms with Crippen LogP contribution in [0.25, 0.3) is 0 Å². The standard InChI is InChI=1S/C24H26N2O4S/c1-16-8-9-17(2)23(12-16)31(28,29)26-15-20-7-5-4-6-19(20)13-22(26)24(27)25-14-21-11-10-18(3)30-21/h4-12,22H,13-15H2,1-3H3,(H,25,27). The van der Waals surface area contributed by atoms with Gasteiger partial charge in [0.15, 0.2) is 0 Å². The van der Waals surface area contributed by atoms with E-state index in [1.165, 1.54) is 4.31 Å². The van der Waals surface area contributed by atoms with E-state index in [9.17, 15) is 13.2 Å². The van der Waals surface area contributed by atoms with Crippen LogP contribution in [0.1, 0.15) is 33.8 Å². The number of sulfonamides is 1. The van der Waals surface area contributed by atoms with Crippen molar-refractivity contribution in [1.82, 2.24) is 9.62 Å². The van der Waals surface area contributed by atoms with Crippen molar-refractivity contribution in [1.29, 1.82) is 0 Å². The molecule has 3 aromatic rings. The normalized spacial score (nSPS) is 16.7. The van der Waals surface area contributed by atoms with Gasteiger partial charge < -0.3 is 9.73 Å². The summed E-state index contributed by atoms with van der Waals surface area (Å²) in [5.41, 5.74) is 3.43. The first-order chi connectivity index (χ1) is 14.8. The minimum atomic E-state index is -3.88. The maximum Gasteiger partial charge on any atom is 0.244 e. The Hall–Kier alpha value is -2.90. The molecule has 2 heterocycles. The maximum atomic E-state index is 13.7. The number of rotatable bonds is 5. The van der Waals surface area contributed by atoms with E-state index in [1.807, 2.05) is 50.2 Å². The van der Waals surface area contributed by atoms with Crippen LogP contribution in [0.2, 0.25) is 0 Å². The van der Waals surface area contributed by atoms with Crippen molar-refractivity contribution in [2.24, 2.45) is 0 Å². The Morgan fingerprint density at radius 3 is 2.52 bits per heavy atom. The summed E-state index contributed by atoms with van der Waals surface area (Å²) >= 11 is 0. The van der Waals surface area contributed by atoms with Gasteiger partial charge in [-0.1, -0.05) is 36.4 Å². The molecule has 4 rings (SSSR count). The molecule has 162 valence electrons. The minimum absolute atomic E-state index is 0.157. The zero-order valence-corrected chi connectivity index (χ0v) is 18.7. The minimum Gasteiger partial charge on any atom is -0.465 e. The van der Waals surface area contributed by atoms with Gasteiger partial charge in [-0.2, -0.15) is 4.31 Å². The molecule has 31 heavy (non-hydrogen) atoms. The largest absolute Gasteiger partial charge is 0.465 e. The summed E-state index contributed by atoms with van der Waals surface area (Å²) in [7, 11) is -3.88. The molecular weight excluding hydrogens is 412 g/mol. The molecule has 1 unspecified atom stereocenters. The molecule has 1 aromatic heterocycles. The van der Waals surface area contributed by atoms with Crippen molar-refractivity contribution >= 4 is 15.9 Å². The van der Waals surface area contributed by atoms with Crippen molar-refractivity contribution < 1.29 is 17.6 Å². The van der Waals surface area contributed by atoms with Crippen LogP contribution in [0, 0.1) is 20.8 Å². The highest BCUT2D eigenvalue weighted by Gasteiger charge is 2.40. The zero-order valence-electron chi connectivity index (χ0n) is 17.9. The van der Waals surface area contributed by atoms with Crippen LogP contribution in [0.3, 0.4) is 0 Å². The van der Waals surface area contributed by atoms with Crippen molar-refractivity contribution in [2.45, 2.75) is 51.2 Å². The summed E-state index contributed by atoms with van der Waals surface area (Å²) in [6.07, 6.45) is 0.323. The van der Waals surface area contributed by atoms with E-state index in [0.29, 0.717) is 17.7 Å². The highest BCUT2D eigenvalue weighted by atomic mass is 32.2. The summed E-state index contributed by atoms with van der Waals surface area (Å²) in [6.45, 7) is 5.84. The Balaban J connectivity index is 1.68. The number of nitrogens with one attached hydrogen (secondary N) is 1. The van der Waals surface area contributed by atoms with Gasteiger partial charge in [-0.05, 0) is 67.6 Å². The second kappa shape index (κ2) is 8.32. The van der Waals surface area contributed by atoms with Crippen LogP contribution in [-0.4, -0.2) is 24.7 Å². The number of nitrogens with zero attached hydrogens (tertiary/aromatic N) is 1. The molecule has 0 fully saturated rings. The van der Waals surface area contributed by atoms with Crippen LogP contribution in [0.5, 0.6) is 0 Å². The molecule has 0 saturated heterocycles. The highest BCUT2D eigenvalue weighted by Crippen LogP contribution is 2.31. The van der Waals surface area contributed by atoms with E-state index in [0.717, 1.165) is 22.5 Å². The molecule has 6 nitrogen and oxygen atoms in total. The van der Waals surface area contributed by atoms with Crippen molar-refractivity contribution in [3.8, 4) is 0 Å². The Bertz CT molecular complexity index is 1230. The fourth-order valence-corrected chi connectivity index (χ4v) is 5.84. The summed E-state index contributed by atoms with van der Waals surface area (Å²) in [5, 5.41) is 2.85. The first-order valence-corrected chi connectivity index (χ1v) is 11.7. The van der Waals surface area contributed by atoms with E-state index in [-0.39, 0.29) is 23.9 Å². The van der Waals surface area contributed by atoms with E-state index in [1.54, 1.807) is 25.1 Å². The smallest absolute Gasteiger partial charge is 0.244 e. The van der Waals surface area contributed by atoms with Gasteiger partial charge in [0, 0.05) is 6.54 Å². The molecule has 0 radical (unpaired) electrons. The van der Waals surface area contributed by atoms with Crippen LogP contribution in [0.15, 0.2) is 63.9 Å². The number of furan rings is 1. The van der Waals surface area contributed by atoms with Crippen LogP contribution < -0.4 is 5.32 Å². The lowest BCUT2D eigenvalue weighted by Gasteiger charge is -2.35.